The Labute approximate surface area is 121 Å². The van der Waals surface area contributed by atoms with E-state index in [1.165, 1.54) is 8.66 Å². The first-order valence-corrected chi connectivity index (χ1v) is 8.09. The third-order valence-corrected chi connectivity index (χ3v) is 5.25. The Kier molecular flexibility index (Phi) is 5.21. The van der Waals surface area contributed by atoms with Crippen LogP contribution in [0.2, 0.25) is 0 Å². The lowest BCUT2D eigenvalue weighted by Gasteiger charge is -2.42. The Morgan fingerprint density at radius 2 is 2.39 bits per heavy atom. The van der Waals surface area contributed by atoms with Crippen LogP contribution in [0.1, 0.15) is 31.2 Å². The molecule has 0 spiro atoms. The minimum Gasteiger partial charge on any atom is -0.376 e. The van der Waals surface area contributed by atoms with Gasteiger partial charge in [0.05, 0.1) is 22.5 Å². The van der Waals surface area contributed by atoms with Gasteiger partial charge >= 0.3 is 0 Å². The van der Waals surface area contributed by atoms with Crippen LogP contribution in [-0.4, -0.2) is 36.7 Å². The maximum atomic E-state index is 6.02. The van der Waals surface area contributed by atoms with Gasteiger partial charge in [0.15, 0.2) is 0 Å². The average molecular weight is 333 g/mol. The molecule has 1 fully saturated rings. The van der Waals surface area contributed by atoms with Crippen molar-refractivity contribution in [3.05, 3.63) is 20.8 Å². The predicted molar refractivity (Wildman–Crippen MR) is 80.0 cm³/mol. The van der Waals surface area contributed by atoms with Crippen molar-refractivity contribution >= 4 is 27.3 Å². The van der Waals surface area contributed by atoms with Crippen LogP contribution >= 0.6 is 27.3 Å². The molecule has 1 aromatic heterocycles. The van der Waals surface area contributed by atoms with Crippen molar-refractivity contribution < 1.29 is 4.74 Å². The van der Waals surface area contributed by atoms with E-state index in [1.54, 1.807) is 11.3 Å². The van der Waals surface area contributed by atoms with Crippen molar-refractivity contribution in [2.75, 3.05) is 19.7 Å². The summed E-state index contributed by atoms with van der Waals surface area (Å²) in [6.45, 7) is 6.80. The molecule has 3 unspecified atom stereocenters. The lowest BCUT2D eigenvalue weighted by molar-refractivity contribution is -0.0714. The molecule has 0 saturated carbocycles. The molecule has 1 aliphatic heterocycles. The van der Waals surface area contributed by atoms with Crippen molar-refractivity contribution in [3.63, 3.8) is 0 Å². The van der Waals surface area contributed by atoms with E-state index in [0.717, 1.165) is 19.6 Å². The minimum atomic E-state index is 0.297. The van der Waals surface area contributed by atoms with E-state index in [-0.39, 0.29) is 0 Å². The molecule has 0 amide bonds. The topological polar surface area (TPSA) is 38.5 Å². The molecule has 1 saturated heterocycles. The summed E-state index contributed by atoms with van der Waals surface area (Å²) >= 11 is 5.31. The highest BCUT2D eigenvalue weighted by molar-refractivity contribution is 9.11. The van der Waals surface area contributed by atoms with E-state index < -0.39 is 0 Å². The minimum absolute atomic E-state index is 0.297. The van der Waals surface area contributed by atoms with Crippen LogP contribution in [0, 0.1) is 0 Å². The number of hydrogen-bond donors (Lipinski definition) is 1. The van der Waals surface area contributed by atoms with E-state index >= 15 is 0 Å². The Hall–Kier alpha value is 0.0600. The molecule has 5 heteroatoms. The van der Waals surface area contributed by atoms with Crippen molar-refractivity contribution in [3.8, 4) is 0 Å². The molecular formula is C13H21BrN2OS. The molecule has 18 heavy (non-hydrogen) atoms. The zero-order valence-electron chi connectivity index (χ0n) is 10.9. The Morgan fingerprint density at radius 3 is 2.94 bits per heavy atom. The van der Waals surface area contributed by atoms with Crippen LogP contribution < -0.4 is 5.73 Å². The third kappa shape index (κ3) is 3.14. The first kappa shape index (κ1) is 14.5. The third-order valence-electron chi connectivity index (χ3n) is 3.53. The molecule has 0 aliphatic carbocycles. The second-order valence-electron chi connectivity index (χ2n) is 4.80. The van der Waals surface area contributed by atoms with Gasteiger partial charge in [-0.25, -0.2) is 0 Å². The maximum absolute atomic E-state index is 6.02. The SMILES string of the molecule is CCC1COC(C)CN1C(CN)c1ccc(Br)s1. The van der Waals surface area contributed by atoms with Gasteiger partial charge in [0, 0.05) is 24.0 Å². The quantitative estimate of drug-likeness (QED) is 0.921. The van der Waals surface area contributed by atoms with E-state index in [4.69, 9.17) is 10.5 Å². The molecule has 1 aliphatic rings. The summed E-state index contributed by atoms with van der Waals surface area (Å²) < 4.78 is 6.93. The Balaban J connectivity index is 2.19. The summed E-state index contributed by atoms with van der Waals surface area (Å²) in [5.41, 5.74) is 6.02. The fourth-order valence-corrected chi connectivity index (χ4v) is 4.08. The number of nitrogens with zero attached hydrogens (tertiary/aromatic N) is 1. The van der Waals surface area contributed by atoms with Crippen molar-refractivity contribution in [2.24, 2.45) is 5.73 Å². The second-order valence-corrected chi connectivity index (χ2v) is 7.29. The highest BCUT2D eigenvalue weighted by atomic mass is 79.9. The smallest absolute Gasteiger partial charge is 0.0702 e. The number of rotatable bonds is 4. The molecule has 0 bridgehead atoms. The van der Waals surface area contributed by atoms with Gasteiger partial charge in [-0.15, -0.1) is 11.3 Å². The van der Waals surface area contributed by atoms with Crippen LogP contribution in [-0.2, 0) is 4.74 Å². The summed E-state index contributed by atoms with van der Waals surface area (Å²) in [5, 5.41) is 0. The number of hydrogen-bond acceptors (Lipinski definition) is 4. The van der Waals surface area contributed by atoms with Crippen molar-refractivity contribution in [1.82, 2.24) is 4.90 Å². The molecule has 2 rings (SSSR count). The number of thiophene rings is 1. The van der Waals surface area contributed by atoms with Gasteiger partial charge in [-0.05, 0) is 41.4 Å². The van der Waals surface area contributed by atoms with Gasteiger partial charge in [0.1, 0.15) is 0 Å². The number of nitrogens with two attached hydrogens (primary N) is 1. The predicted octanol–water partition coefficient (Wildman–Crippen LogP) is 3.01. The largest absolute Gasteiger partial charge is 0.376 e. The standard InChI is InChI=1S/C13H21BrN2OS/c1-3-10-8-17-9(2)7-16(10)11(6-15)12-4-5-13(14)18-12/h4-5,9-11H,3,6-8,15H2,1-2H3. The van der Waals surface area contributed by atoms with Gasteiger partial charge < -0.3 is 10.5 Å². The molecular weight excluding hydrogens is 312 g/mol. The first-order chi connectivity index (χ1) is 8.65. The van der Waals surface area contributed by atoms with Crippen LogP contribution in [0.15, 0.2) is 15.9 Å². The number of halogens is 1. The molecule has 0 radical (unpaired) electrons. The molecule has 102 valence electrons. The fourth-order valence-electron chi connectivity index (χ4n) is 2.53. The van der Waals surface area contributed by atoms with Gasteiger partial charge in [0.2, 0.25) is 0 Å². The average Bonchev–Trinajstić information content (AvgIpc) is 2.77. The normalized spacial score (nSPS) is 27.3. The highest BCUT2D eigenvalue weighted by Gasteiger charge is 2.31. The maximum Gasteiger partial charge on any atom is 0.0702 e. The molecule has 2 N–H and O–H groups in total. The van der Waals surface area contributed by atoms with Crippen LogP contribution in [0.3, 0.4) is 0 Å². The fraction of sp³-hybridized carbons (Fsp3) is 0.692. The van der Waals surface area contributed by atoms with E-state index in [2.05, 4.69) is 46.8 Å². The number of morpholine rings is 1. The molecule has 0 aromatic carbocycles. The van der Waals surface area contributed by atoms with Crippen LogP contribution in [0.5, 0.6) is 0 Å². The second kappa shape index (κ2) is 6.48. The first-order valence-electron chi connectivity index (χ1n) is 6.48. The highest BCUT2D eigenvalue weighted by Crippen LogP contribution is 2.33. The molecule has 3 atom stereocenters. The lowest BCUT2D eigenvalue weighted by Crippen LogP contribution is -2.51. The summed E-state index contributed by atoms with van der Waals surface area (Å²) in [6.07, 6.45) is 1.40. The zero-order chi connectivity index (χ0) is 13.1. The molecule has 3 nitrogen and oxygen atoms in total. The molecule has 1 aromatic rings. The van der Waals surface area contributed by atoms with E-state index in [9.17, 15) is 0 Å². The van der Waals surface area contributed by atoms with Crippen molar-refractivity contribution in [2.45, 2.75) is 38.5 Å². The molecule has 2 heterocycles. The van der Waals surface area contributed by atoms with Gasteiger partial charge in [-0.3, -0.25) is 4.90 Å². The summed E-state index contributed by atoms with van der Waals surface area (Å²) in [7, 11) is 0. The summed E-state index contributed by atoms with van der Waals surface area (Å²) in [6, 6.07) is 5.08. The van der Waals surface area contributed by atoms with Gasteiger partial charge in [0.25, 0.3) is 0 Å². The Bertz CT molecular complexity index is 385. The zero-order valence-corrected chi connectivity index (χ0v) is 13.3. The van der Waals surface area contributed by atoms with Crippen LogP contribution in [0.4, 0.5) is 0 Å². The van der Waals surface area contributed by atoms with Gasteiger partial charge in [-0.2, -0.15) is 0 Å². The van der Waals surface area contributed by atoms with E-state index in [0.29, 0.717) is 24.7 Å². The van der Waals surface area contributed by atoms with Crippen molar-refractivity contribution in [1.29, 1.82) is 0 Å². The summed E-state index contributed by atoms with van der Waals surface area (Å²) in [5.74, 6) is 0. The van der Waals surface area contributed by atoms with Crippen LogP contribution in [0.25, 0.3) is 0 Å². The van der Waals surface area contributed by atoms with E-state index in [1.807, 2.05) is 0 Å². The monoisotopic (exact) mass is 332 g/mol. The van der Waals surface area contributed by atoms with Gasteiger partial charge in [-0.1, -0.05) is 6.92 Å². The lowest BCUT2D eigenvalue weighted by atomic mass is 10.1. The summed E-state index contributed by atoms with van der Waals surface area (Å²) in [4.78, 5) is 3.86. The Morgan fingerprint density at radius 1 is 1.61 bits per heavy atom. The number of ether oxygens (including phenoxy) is 1.